The number of rotatable bonds is 7. The zero-order valence-corrected chi connectivity index (χ0v) is 17.6. The van der Waals surface area contributed by atoms with Gasteiger partial charge in [-0.2, -0.15) is 24.9 Å². The maximum absolute atomic E-state index is 12.9. The fourth-order valence-corrected chi connectivity index (χ4v) is 4.05. The van der Waals surface area contributed by atoms with E-state index in [1.165, 1.54) is 12.1 Å². The fourth-order valence-electron chi connectivity index (χ4n) is 3.26. The Morgan fingerprint density at radius 3 is 2.61 bits per heavy atom. The van der Waals surface area contributed by atoms with Crippen molar-refractivity contribution in [2.45, 2.75) is 43.0 Å². The van der Waals surface area contributed by atoms with Crippen LogP contribution < -0.4 is 10.6 Å². The normalized spacial score (nSPS) is 18.6. The summed E-state index contributed by atoms with van der Waals surface area (Å²) in [4.78, 5) is 4.26. The van der Waals surface area contributed by atoms with Crippen LogP contribution in [0, 0.1) is 0 Å². The fraction of sp³-hybridized carbons (Fsp3) is 0.650. The minimum absolute atomic E-state index is 0.0148. The summed E-state index contributed by atoms with van der Waals surface area (Å²) in [5, 5.41) is 6.66. The van der Waals surface area contributed by atoms with Crippen molar-refractivity contribution >= 4 is 17.7 Å². The largest absolute Gasteiger partial charge is 0.416 e. The third-order valence-electron chi connectivity index (χ3n) is 5.29. The Morgan fingerprint density at radius 1 is 1.29 bits per heavy atom. The van der Waals surface area contributed by atoms with Crippen LogP contribution in [0.5, 0.6) is 0 Å². The molecule has 1 unspecified atom stereocenters. The van der Waals surface area contributed by atoms with Crippen LogP contribution in [0.1, 0.15) is 43.2 Å². The topological polar surface area (TPSA) is 45.7 Å². The van der Waals surface area contributed by atoms with E-state index in [1.54, 1.807) is 13.1 Å². The molecule has 1 aromatic rings. The summed E-state index contributed by atoms with van der Waals surface area (Å²) < 4.78 is 44.3. The number of thioether (sulfide) groups is 1. The van der Waals surface area contributed by atoms with Gasteiger partial charge in [0.2, 0.25) is 0 Å². The number of nitrogens with one attached hydrogen (secondary N) is 2. The summed E-state index contributed by atoms with van der Waals surface area (Å²) in [6.45, 7) is 4.94. The van der Waals surface area contributed by atoms with Crippen molar-refractivity contribution in [3.63, 3.8) is 0 Å². The summed E-state index contributed by atoms with van der Waals surface area (Å²) in [6, 6.07) is 5.57. The SMILES string of the molecule is CN=C(NCCC(C)c1cccc(C(F)(F)F)c1)NCC1(SC)CCOCC1. The van der Waals surface area contributed by atoms with Crippen LogP contribution in [-0.2, 0) is 10.9 Å². The van der Waals surface area contributed by atoms with Crippen LogP contribution in [0.15, 0.2) is 29.3 Å². The lowest BCUT2D eigenvalue weighted by atomic mass is 9.96. The zero-order valence-electron chi connectivity index (χ0n) is 16.7. The molecule has 4 nitrogen and oxygen atoms in total. The molecule has 2 rings (SSSR count). The third-order valence-corrected chi connectivity index (χ3v) is 6.71. The second kappa shape index (κ2) is 10.4. The number of hydrogen-bond donors (Lipinski definition) is 2. The minimum Gasteiger partial charge on any atom is -0.381 e. The molecule has 158 valence electrons. The molecule has 0 aromatic heterocycles. The van der Waals surface area contributed by atoms with E-state index in [2.05, 4.69) is 21.9 Å². The highest BCUT2D eigenvalue weighted by Crippen LogP contribution is 2.33. The van der Waals surface area contributed by atoms with Crippen molar-refractivity contribution in [2.75, 3.05) is 39.6 Å². The van der Waals surface area contributed by atoms with Crippen molar-refractivity contribution in [2.24, 2.45) is 4.99 Å². The number of guanidine groups is 1. The molecule has 2 N–H and O–H groups in total. The van der Waals surface area contributed by atoms with Crippen molar-refractivity contribution in [3.8, 4) is 0 Å². The molecule has 1 atom stereocenters. The van der Waals surface area contributed by atoms with Crippen LogP contribution >= 0.6 is 11.8 Å². The first-order valence-corrected chi connectivity index (χ1v) is 10.8. The van der Waals surface area contributed by atoms with Crippen molar-refractivity contribution < 1.29 is 17.9 Å². The van der Waals surface area contributed by atoms with Crippen molar-refractivity contribution in [1.29, 1.82) is 0 Å². The Hall–Kier alpha value is -1.41. The number of ether oxygens (including phenoxy) is 1. The van der Waals surface area contributed by atoms with E-state index in [4.69, 9.17) is 4.74 Å². The van der Waals surface area contributed by atoms with E-state index in [-0.39, 0.29) is 10.7 Å². The average molecular weight is 418 g/mol. The number of alkyl halides is 3. The summed E-state index contributed by atoms with van der Waals surface area (Å²) in [7, 11) is 1.72. The number of nitrogens with zero attached hydrogens (tertiary/aromatic N) is 1. The van der Waals surface area contributed by atoms with E-state index in [1.807, 2.05) is 18.7 Å². The Kier molecular flexibility index (Phi) is 8.49. The molecule has 1 aliphatic rings. The number of hydrogen-bond acceptors (Lipinski definition) is 3. The molecule has 1 fully saturated rings. The molecule has 0 saturated carbocycles. The van der Waals surface area contributed by atoms with Gasteiger partial charge in [-0.1, -0.05) is 25.1 Å². The van der Waals surface area contributed by atoms with Gasteiger partial charge >= 0.3 is 6.18 Å². The predicted molar refractivity (Wildman–Crippen MR) is 110 cm³/mol. The Labute approximate surface area is 169 Å². The number of halogens is 3. The highest BCUT2D eigenvalue weighted by Gasteiger charge is 2.32. The Bertz CT molecular complexity index is 646. The van der Waals surface area contributed by atoms with Gasteiger partial charge in [-0.05, 0) is 43.1 Å². The molecule has 0 spiro atoms. The van der Waals surface area contributed by atoms with Crippen LogP contribution in [0.4, 0.5) is 13.2 Å². The Balaban J connectivity index is 1.82. The van der Waals surface area contributed by atoms with Gasteiger partial charge in [0, 0.05) is 38.1 Å². The van der Waals surface area contributed by atoms with Crippen LogP contribution in [0.2, 0.25) is 0 Å². The molecule has 1 heterocycles. The monoisotopic (exact) mass is 417 g/mol. The van der Waals surface area contributed by atoms with E-state index in [9.17, 15) is 13.2 Å². The second-order valence-corrected chi connectivity index (χ2v) is 8.44. The zero-order chi connectivity index (χ0) is 20.6. The molecule has 1 aliphatic heterocycles. The first kappa shape index (κ1) is 22.9. The first-order chi connectivity index (χ1) is 13.3. The highest BCUT2D eigenvalue weighted by atomic mass is 32.2. The maximum Gasteiger partial charge on any atom is 0.416 e. The van der Waals surface area contributed by atoms with Crippen LogP contribution in [0.3, 0.4) is 0 Å². The quantitative estimate of drug-likeness (QED) is 0.514. The summed E-state index contributed by atoms with van der Waals surface area (Å²) in [5.41, 5.74) is 0.101. The molecular formula is C20H30F3N3OS. The smallest absolute Gasteiger partial charge is 0.381 e. The van der Waals surface area contributed by atoms with Crippen LogP contribution in [-0.4, -0.2) is 50.3 Å². The molecule has 8 heteroatoms. The minimum atomic E-state index is -4.31. The van der Waals surface area contributed by atoms with Gasteiger partial charge in [-0.3, -0.25) is 4.99 Å². The summed E-state index contributed by atoms with van der Waals surface area (Å²) >= 11 is 1.86. The van der Waals surface area contributed by atoms with Gasteiger partial charge in [0.1, 0.15) is 0 Å². The average Bonchev–Trinajstić information content (AvgIpc) is 2.70. The molecule has 28 heavy (non-hydrogen) atoms. The summed E-state index contributed by atoms with van der Waals surface area (Å²) in [6.07, 6.45) is 0.538. The standard InChI is InChI=1S/C20H30F3N3OS/c1-15(16-5-4-6-17(13-16)20(21,22)23)7-10-25-18(24-2)26-14-19(28-3)8-11-27-12-9-19/h4-6,13,15H,7-12,14H2,1-3H3,(H2,24,25,26). The molecule has 1 saturated heterocycles. The Morgan fingerprint density at radius 2 is 2.00 bits per heavy atom. The van der Waals surface area contributed by atoms with Gasteiger partial charge in [0.25, 0.3) is 0 Å². The number of aliphatic imine (C=N–C) groups is 1. The van der Waals surface area contributed by atoms with Crippen molar-refractivity contribution in [1.82, 2.24) is 10.6 Å². The second-order valence-electron chi connectivity index (χ2n) is 7.16. The van der Waals surface area contributed by atoms with E-state index < -0.39 is 11.7 Å². The molecular weight excluding hydrogens is 387 g/mol. The van der Waals surface area contributed by atoms with Crippen LogP contribution in [0.25, 0.3) is 0 Å². The van der Waals surface area contributed by atoms with Crippen molar-refractivity contribution in [3.05, 3.63) is 35.4 Å². The molecule has 0 amide bonds. The lowest BCUT2D eigenvalue weighted by Crippen LogP contribution is -2.48. The van der Waals surface area contributed by atoms with E-state index in [0.29, 0.717) is 18.5 Å². The van der Waals surface area contributed by atoms with Gasteiger partial charge in [-0.25, -0.2) is 0 Å². The lowest BCUT2D eigenvalue weighted by molar-refractivity contribution is -0.137. The van der Waals surface area contributed by atoms with E-state index >= 15 is 0 Å². The lowest BCUT2D eigenvalue weighted by Gasteiger charge is -2.36. The van der Waals surface area contributed by atoms with Gasteiger partial charge in [-0.15, -0.1) is 0 Å². The van der Waals surface area contributed by atoms with Gasteiger partial charge in [0.15, 0.2) is 5.96 Å². The van der Waals surface area contributed by atoms with E-state index in [0.717, 1.165) is 44.6 Å². The number of benzene rings is 1. The third kappa shape index (κ3) is 6.58. The highest BCUT2D eigenvalue weighted by molar-refractivity contribution is 8.00. The molecule has 0 radical (unpaired) electrons. The molecule has 1 aromatic carbocycles. The summed E-state index contributed by atoms with van der Waals surface area (Å²) in [5.74, 6) is 0.733. The van der Waals surface area contributed by atoms with Gasteiger partial charge in [0.05, 0.1) is 5.56 Å². The predicted octanol–water partition coefficient (Wildman–Crippen LogP) is 4.28. The van der Waals surface area contributed by atoms with Gasteiger partial charge < -0.3 is 15.4 Å². The molecule has 0 aliphatic carbocycles. The molecule has 0 bridgehead atoms. The maximum atomic E-state index is 12.9. The first-order valence-electron chi connectivity index (χ1n) is 9.54.